The third-order valence-corrected chi connectivity index (χ3v) is 4.46. The van der Waals surface area contributed by atoms with Gasteiger partial charge in [0.1, 0.15) is 4.88 Å². The molecule has 0 radical (unpaired) electrons. The van der Waals surface area contributed by atoms with E-state index in [4.69, 9.17) is 5.73 Å². The second kappa shape index (κ2) is 6.63. The van der Waals surface area contributed by atoms with Gasteiger partial charge in [-0.1, -0.05) is 12.0 Å². The number of benzene rings is 1. The van der Waals surface area contributed by atoms with Gasteiger partial charge in [-0.25, -0.2) is 4.98 Å². The monoisotopic (exact) mass is 311 g/mol. The van der Waals surface area contributed by atoms with Crippen LogP contribution in [0, 0.1) is 11.8 Å². The third kappa shape index (κ3) is 3.46. The standard InChI is InChI=1S/C17H17N3OS/c18-14-6-4-5-13(11-14)7-8-16-19-12-15(22-16)17(21)20-9-2-1-3-10-20/h4-6,11-12H,1-3,9-10,18H2. The molecule has 112 valence electrons. The minimum atomic E-state index is 0.0780. The average Bonchev–Trinajstić information content (AvgIpc) is 3.02. The Kier molecular flexibility index (Phi) is 4.40. The van der Waals surface area contributed by atoms with Gasteiger partial charge in [0, 0.05) is 24.3 Å². The van der Waals surface area contributed by atoms with Crippen LogP contribution in [0.2, 0.25) is 0 Å². The first-order chi connectivity index (χ1) is 10.7. The van der Waals surface area contributed by atoms with E-state index in [0.717, 1.165) is 31.5 Å². The quantitative estimate of drug-likeness (QED) is 0.651. The molecule has 0 atom stereocenters. The lowest BCUT2D eigenvalue weighted by Gasteiger charge is -2.25. The van der Waals surface area contributed by atoms with Gasteiger partial charge in [-0.3, -0.25) is 4.79 Å². The van der Waals surface area contributed by atoms with E-state index < -0.39 is 0 Å². The van der Waals surface area contributed by atoms with Crippen LogP contribution in [0.3, 0.4) is 0 Å². The molecule has 1 aromatic heterocycles. The fourth-order valence-electron chi connectivity index (χ4n) is 2.43. The highest BCUT2D eigenvalue weighted by atomic mass is 32.1. The summed E-state index contributed by atoms with van der Waals surface area (Å²) in [6.07, 6.45) is 5.02. The number of hydrogen-bond acceptors (Lipinski definition) is 4. The number of carbonyl (C=O) groups excluding carboxylic acids is 1. The number of nitrogen functional groups attached to an aromatic ring is 1. The van der Waals surface area contributed by atoms with Crippen molar-refractivity contribution >= 4 is 22.9 Å². The molecule has 5 heteroatoms. The Morgan fingerprint density at radius 1 is 1.23 bits per heavy atom. The molecule has 0 spiro atoms. The molecule has 1 fully saturated rings. The summed E-state index contributed by atoms with van der Waals surface area (Å²) in [5.74, 6) is 6.10. The van der Waals surface area contributed by atoms with Crippen molar-refractivity contribution in [3.8, 4) is 11.8 Å². The molecule has 2 aromatic rings. The number of piperidine rings is 1. The summed E-state index contributed by atoms with van der Waals surface area (Å²) in [6.45, 7) is 1.70. The molecular weight excluding hydrogens is 294 g/mol. The first-order valence-corrected chi connectivity index (χ1v) is 8.17. The topological polar surface area (TPSA) is 59.2 Å². The lowest BCUT2D eigenvalue weighted by atomic mass is 10.1. The molecule has 1 aliphatic heterocycles. The van der Waals surface area contributed by atoms with Crippen molar-refractivity contribution < 1.29 is 4.79 Å². The van der Waals surface area contributed by atoms with Gasteiger partial charge in [-0.15, -0.1) is 11.3 Å². The molecule has 1 aliphatic rings. The van der Waals surface area contributed by atoms with E-state index in [-0.39, 0.29) is 5.91 Å². The number of nitrogens with two attached hydrogens (primary N) is 1. The van der Waals surface area contributed by atoms with Crippen molar-refractivity contribution in [3.63, 3.8) is 0 Å². The predicted molar refractivity (Wildman–Crippen MR) is 88.7 cm³/mol. The van der Waals surface area contributed by atoms with E-state index in [2.05, 4.69) is 16.8 Å². The Bertz CT molecular complexity index is 736. The fraction of sp³-hybridized carbons (Fsp3) is 0.294. The summed E-state index contributed by atoms with van der Waals surface area (Å²) >= 11 is 1.35. The van der Waals surface area contributed by atoms with Crippen LogP contribution < -0.4 is 5.73 Å². The highest BCUT2D eigenvalue weighted by Crippen LogP contribution is 2.18. The van der Waals surface area contributed by atoms with Crippen LogP contribution in [0.15, 0.2) is 30.5 Å². The highest BCUT2D eigenvalue weighted by Gasteiger charge is 2.19. The molecule has 0 unspecified atom stereocenters. The first kappa shape index (κ1) is 14.6. The van der Waals surface area contributed by atoms with Crippen molar-refractivity contribution in [1.82, 2.24) is 9.88 Å². The van der Waals surface area contributed by atoms with Crippen LogP contribution in [-0.2, 0) is 0 Å². The molecule has 2 heterocycles. The molecule has 0 aliphatic carbocycles. The fourth-order valence-corrected chi connectivity index (χ4v) is 3.16. The van der Waals surface area contributed by atoms with Gasteiger partial charge in [0.25, 0.3) is 5.91 Å². The Morgan fingerprint density at radius 3 is 2.82 bits per heavy atom. The number of carbonyl (C=O) groups is 1. The molecule has 1 aromatic carbocycles. The van der Waals surface area contributed by atoms with E-state index in [1.807, 2.05) is 29.2 Å². The van der Waals surface area contributed by atoms with Crippen LogP contribution >= 0.6 is 11.3 Å². The van der Waals surface area contributed by atoms with Crippen LogP contribution in [0.25, 0.3) is 0 Å². The summed E-state index contributed by atoms with van der Waals surface area (Å²) in [7, 11) is 0. The van der Waals surface area contributed by atoms with Crippen molar-refractivity contribution in [1.29, 1.82) is 0 Å². The number of aromatic nitrogens is 1. The van der Waals surface area contributed by atoms with Gasteiger partial charge in [0.15, 0.2) is 5.01 Å². The van der Waals surface area contributed by atoms with Gasteiger partial charge >= 0.3 is 0 Å². The molecule has 22 heavy (non-hydrogen) atoms. The summed E-state index contributed by atoms with van der Waals surface area (Å²) in [4.78, 5) is 19.2. The summed E-state index contributed by atoms with van der Waals surface area (Å²) in [5.41, 5.74) is 7.26. The maximum absolute atomic E-state index is 12.4. The van der Waals surface area contributed by atoms with Gasteiger partial charge in [0.05, 0.1) is 6.20 Å². The molecule has 0 bridgehead atoms. The molecule has 4 nitrogen and oxygen atoms in total. The summed E-state index contributed by atoms with van der Waals surface area (Å²) in [5, 5.41) is 0.655. The van der Waals surface area contributed by atoms with E-state index >= 15 is 0 Å². The van der Waals surface area contributed by atoms with Gasteiger partial charge in [0.2, 0.25) is 0 Å². The third-order valence-electron chi connectivity index (χ3n) is 3.56. The lowest BCUT2D eigenvalue weighted by Crippen LogP contribution is -2.35. The number of anilines is 1. The maximum atomic E-state index is 12.4. The lowest BCUT2D eigenvalue weighted by molar-refractivity contribution is 0.0729. The smallest absolute Gasteiger partial charge is 0.265 e. The van der Waals surface area contributed by atoms with E-state index in [1.54, 1.807) is 6.20 Å². The Morgan fingerprint density at radius 2 is 2.05 bits per heavy atom. The normalized spacial score (nSPS) is 14.3. The van der Waals surface area contributed by atoms with Crippen molar-refractivity contribution in [3.05, 3.63) is 45.9 Å². The Balaban J connectivity index is 1.72. The summed E-state index contributed by atoms with van der Waals surface area (Å²) in [6, 6.07) is 7.41. The van der Waals surface area contributed by atoms with E-state index in [9.17, 15) is 4.79 Å². The minimum Gasteiger partial charge on any atom is -0.399 e. The maximum Gasteiger partial charge on any atom is 0.265 e. The SMILES string of the molecule is Nc1cccc(C#Cc2ncc(C(=O)N3CCCCC3)s2)c1. The zero-order valence-corrected chi connectivity index (χ0v) is 13.0. The molecule has 0 saturated carbocycles. The second-order valence-electron chi connectivity index (χ2n) is 5.26. The number of likely N-dealkylation sites (tertiary alicyclic amines) is 1. The zero-order chi connectivity index (χ0) is 15.4. The largest absolute Gasteiger partial charge is 0.399 e. The molecule has 1 saturated heterocycles. The van der Waals surface area contributed by atoms with Crippen molar-refractivity contribution in [2.24, 2.45) is 0 Å². The highest BCUT2D eigenvalue weighted by molar-refractivity contribution is 7.14. The molecule has 3 rings (SSSR count). The first-order valence-electron chi connectivity index (χ1n) is 7.35. The summed E-state index contributed by atoms with van der Waals surface area (Å²) < 4.78 is 0. The predicted octanol–water partition coefficient (Wildman–Crippen LogP) is 2.75. The van der Waals surface area contributed by atoms with Crippen molar-refractivity contribution in [2.45, 2.75) is 19.3 Å². The number of rotatable bonds is 1. The zero-order valence-electron chi connectivity index (χ0n) is 12.2. The second-order valence-corrected chi connectivity index (χ2v) is 6.29. The Labute approximate surface area is 134 Å². The number of nitrogens with zero attached hydrogens (tertiary/aromatic N) is 2. The Hall–Kier alpha value is -2.32. The van der Waals surface area contributed by atoms with Gasteiger partial charge < -0.3 is 10.6 Å². The average molecular weight is 311 g/mol. The van der Waals surface area contributed by atoms with Crippen LogP contribution in [0.4, 0.5) is 5.69 Å². The number of hydrogen-bond donors (Lipinski definition) is 1. The van der Waals surface area contributed by atoms with Crippen LogP contribution in [0.1, 0.15) is 39.5 Å². The number of amides is 1. The number of thiazole rings is 1. The van der Waals surface area contributed by atoms with Gasteiger partial charge in [-0.2, -0.15) is 0 Å². The van der Waals surface area contributed by atoms with E-state index in [0.29, 0.717) is 15.6 Å². The van der Waals surface area contributed by atoms with Crippen molar-refractivity contribution in [2.75, 3.05) is 18.8 Å². The molecule has 1 amide bonds. The van der Waals surface area contributed by atoms with Crippen LogP contribution in [0.5, 0.6) is 0 Å². The molecular formula is C17H17N3OS. The van der Waals surface area contributed by atoms with Gasteiger partial charge in [-0.05, 0) is 43.4 Å². The van der Waals surface area contributed by atoms with E-state index in [1.165, 1.54) is 17.8 Å². The van der Waals surface area contributed by atoms with Crippen LogP contribution in [-0.4, -0.2) is 28.9 Å². The minimum absolute atomic E-state index is 0.0780. The molecule has 2 N–H and O–H groups in total.